The molecule has 0 aliphatic carbocycles. The van der Waals surface area contributed by atoms with E-state index >= 15 is 0 Å². The molecule has 4 nitrogen and oxygen atoms in total. The third-order valence-corrected chi connectivity index (χ3v) is 0.824. The summed E-state index contributed by atoms with van der Waals surface area (Å²) in [6, 6.07) is 4.71. The first-order valence-electron chi connectivity index (χ1n) is 2.04. The second-order valence-electron chi connectivity index (χ2n) is 1.29. The summed E-state index contributed by atoms with van der Waals surface area (Å²) in [5.74, 6) is 1.12. The zero-order valence-corrected chi connectivity index (χ0v) is 3.79. The van der Waals surface area contributed by atoms with Crippen LogP contribution in [0.4, 0.5) is 0 Å². The fourth-order valence-corrected chi connectivity index (χ4v) is 0.400. The normalized spacial score (nSPS) is 19.0. The summed E-state index contributed by atoms with van der Waals surface area (Å²) in [5.41, 5.74) is 0. The highest BCUT2D eigenvalue weighted by molar-refractivity contribution is 5.60. The Morgan fingerprint density at radius 3 is 1.25 bits per heavy atom. The molecular formula is C4N4. The van der Waals surface area contributed by atoms with E-state index < -0.39 is 0 Å². The van der Waals surface area contributed by atoms with Crippen molar-refractivity contribution < 1.29 is 0 Å². The van der Waals surface area contributed by atoms with Crippen LogP contribution in [0.1, 0.15) is 0 Å². The van der Waals surface area contributed by atoms with E-state index in [-0.39, 0.29) is 0 Å². The Morgan fingerprint density at radius 1 is 0.750 bits per heavy atom. The highest BCUT2D eigenvalue weighted by Crippen LogP contribution is 2.15. The molecule has 0 aromatic carbocycles. The van der Waals surface area contributed by atoms with Gasteiger partial charge in [0.25, 0.3) is 0 Å². The predicted octanol–water partition coefficient (Wildman–Crippen LogP) is 0.488. The van der Waals surface area contributed by atoms with Crippen LogP contribution >= 0.6 is 0 Å². The van der Waals surface area contributed by atoms with Gasteiger partial charge in [-0.05, 0) is 0 Å². The van der Waals surface area contributed by atoms with Gasteiger partial charge in [0.2, 0.25) is 11.6 Å². The minimum absolute atomic E-state index is 0.559. The van der Waals surface area contributed by atoms with Crippen LogP contribution < -0.4 is 0 Å². The van der Waals surface area contributed by atoms with E-state index in [1.165, 1.54) is 0 Å². The molecule has 2 heterocycles. The Bertz CT molecular complexity index is 233. The summed E-state index contributed by atoms with van der Waals surface area (Å²) < 4.78 is 0. The van der Waals surface area contributed by atoms with Gasteiger partial charge in [0.05, 0.1) is 0 Å². The van der Waals surface area contributed by atoms with E-state index in [0.717, 1.165) is 0 Å². The Kier molecular flexibility index (Phi) is 0.441. The zero-order valence-electron chi connectivity index (χ0n) is 3.79. The molecule has 2 rings (SSSR count). The summed E-state index contributed by atoms with van der Waals surface area (Å²) in [4.78, 5) is 14.5. The number of hydrogen-bond donors (Lipinski definition) is 0. The zero-order chi connectivity index (χ0) is 5.40. The molecule has 0 radical (unpaired) electrons. The van der Waals surface area contributed by atoms with Gasteiger partial charge in [0.15, 0.2) is 0 Å². The monoisotopic (exact) mass is 104 g/mol. The summed E-state index contributed by atoms with van der Waals surface area (Å²) in [7, 11) is 0. The second kappa shape index (κ2) is 1.01. The average molecular weight is 104 g/mol. The van der Waals surface area contributed by atoms with Crippen LogP contribution in [0.25, 0.3) is 0 Å². The minimum Gasteiger partial charge on any atom is -0.162 e. The molecule has 0 fully saturated rings. The maximum absolute atomic E-state index is 3.63. The summed E-state index contributed by atoms with van der Waals surface area (Å²) >= 11 is 0. The van der Waals surface area contributed by atoms with E-state index in [9.17, 15) is 0 Å². The molecular weight excluding hydrogens is 104 g/mol. The van der Waals surface area contributed by atoms with Crippen molar-refractivity contribution in [1.29, 1.82) is 0 Å². The van der Waals surface area contributed by atoms with Crippen molar-refractivity contribution >= 4 is 12.0 Å². The fraction of sp³-hybridized carbons (Fsp3) is 0. The molecule has 2 aliphatic rings. The number of aliphatic imine (C=N–C) groups is 4. The van der Waals surface area contributed by atoms with Gasteiger partial charge in [-0.3, -0.25) is 0 Å². The van der Waals surface area contributed by atoms with Crippen LogP contribution in [-0.2, 0) is 0 Å². The van der Waals surface area contributed by atoms with Crippen LogP contribution in [0.2, 0.25) is 0 Å². The molecule has 0 atom stereocenters. The Labute approximate surface area is 44.7 Å². The van der Waals surface area contributed by atoms with Crippen molar-refractivity contribution in [1.82, 2.24) is 0 Å². The first-order valence-corrected chi connectivity index (χ1v) is 2.04. The SMILES string of the molecule is C1=NC(=C2N=C=N2)N=1. The third-order valence-electron chi connectivity index (χ3n) is 0.824. The van der Waals surface area contributed by atoms with E-state index in [0.29, 0.717) is 11.6 Å². The summed E-state index contributed by atoms with van der Waals surface area (Å²) in [6.45, 7) is 0. The van der Waals surface area contributed by atoms with Gasteiger partial charge in [-0.15, -0.1) is 0 Å². The van der Waals surface area contributed by atoms with Gasteiger partial charge in [0, 0.05) is 0 Å². The molecule has 0 N–H and O–H groups in total. The largest absolute Gasteiger partial charge is 0.220 e. The van der Waals surface area contributed by atoms with Crippen LogP contribution in [0, 0.1) is 0 Å². The smallest absolute Gasteiger partial charge is 0.162 e. The average Bonchev–Trinajstić information content (AvgIpc) is 1.47. The van der Waals surface area contributed by atoms with Crippen molar-refractivity contribution in [3.05, 3.63) is 11.6 Å². The van der Waals surface area contributed by atoms with Gasteiger partial charge in [-0.1, -0.05) is 0 Å². The number of nitrogens with zero attached hydrogens (tertiary/aromatic N) is 4. The molecule has 4 heteroatoms. The Balaban J connectivity index is 2.41. The van der Waals surface area contributed by atoms with E-state index in [4.69, 9.17) is 0 Å². The molecule has 0 saturated heterocycles. The molecule has 0 bridgehead atoms. The van der Waals surface area contributed by atoms with Crippen molar-refractivity contribution in [2.24, 2.45) is 20.0 Å². The van der Waals surface area contributed by atoms with Crippen molar-refractivity contribution in [3.63, 3.8) is 0 Å². The van der Waals surface area contributed by atoms with Crippen LogP contribution in [-0.4, -0.2) is 12.0 Å². The molecule has 0 unspecified atom stereocenters. The molecule has 0 spiro atoms. The molecule has 8 heavy (non-hydrogen) atoms. The highest BCUT2D eigenvalue weighted by atomic mass is 15.2. The molecule has 0 aromatic heterocycles. The van der Waals surface area contributed by atoms with E-state index in [1.807, 2.05) is 0 Å². The van der Waals surface area contributed by atoms with Gasteiger partial charge in [0.1, 0.15) is 12.0 Å². The molecule has 0 saturated carbocycles. The first kappa shape index (κ1) is 3.50. The van der Waals surface area contributed by atoms with Gasteiger partial charge >= 0.3 is 0 Å². The van der Waals surface area contributed by atoms with Crippen LogP contribution in [0.3, 0.4) is 0 Å². The van der Waals surface area contributed by atoms with Crippen LogP contribution in [0.15, 0.2) is 31.6 Å². The molecule has 0 amide bonds. The maximum atomic E-state index is 3.63. The second-order valence-corrected chi connectivity index (χ2v) is 1.29. The fourth-order valence-electron chi connectivity index (χ4n) is 0.400. The standard InChI is InChI=1S/C4N4/c1-5-3(6-1)4-7-2-8-4. The maximum Gasteiger partial charge on any atom is 0.220 e. The lowest BCUT2D eigenvalue weighted by molar-refractivity contribution is 1.04. The lowest BCUT2D eigenvalue weighted by atomic mass is 10.6. The number of rotatable bonds is 0. The van der Waals surface area contributed by atoms with Gasteiger partial charge < -0.3 is 0 Å². The summed E-state index contributed by atoms with van der Waals surface area (Å²) in [5, 5.41) is 0. The van der Waals surface area contributed by atoms with E-state index in [1.54, 1.807) is 0 Å². The quantitative estimate of drug-likeness (QED) is 0.429. The molecule has 36 valence electrons. The third kappa shape index (κ3) is 0.262. The summed E-state index contributed by atoms with van der Waals surface area (Å²) in [6.07, 6.45) is 0. The van der Waals surface area contributed by atoms with Crippen molar-refractivity contribution in [3.8, 4) is 0 Å². The molecule has 0 aromatic rings. The minimum atomic E-state index is 0.559. The topological polar surface area (TPSA) is 49.4 Å². The van der Waals surface area contributed by atoms with Crippen LogP contribution in [0.5, 0.6) is 0 Å². The van der Waals surface area contributed by atoms with E-state index in [2.05, 4.69) is 32.0 Å². The number of hydrogen-bond acceptors (Lipinski definition) is 4. The van der Waals surface area contributed by atoms with Gasteiger partial charge in [-0.25, -0.2) is 0 Å². The first-order chi connectivity index (χ1) is 3.97. The predicted molar refractivity (Wildman–Crippen MR) is 26.8 cm³/mol. The Morgan fingerprint density at radius 2 is 1.12 bits per heavy atom. The highest BCUT2D eigenvalue weighted by Gasteiger charge is 2.08. The lowest BCUT2D eigenvalue weighted by Crippen LogP contribution is -1.91. The molecule has 2 aliphatic heterocycles. The Hall–Kier alpha value is -1.50. The van der Waals surface area contributed by atoms with Crippen molar-refractivity contribution in [2.75, 3.05) is 0 Å². The lowest BCUT2D eigenvalue weighted by Gasteiger charge is -1.98. The van der Waals surface area contributed by atoms with Crippen molar-refractivity contribution in [2.45, 2.75) is 0 Å². The van der Waals surface area contributed by atoms with Gasteiger partial charge in [-0.2, -0.15) is 20.0 Å².